The number of nitrogens with zero attached hydrogens (tertiary/aromatic N) is 1. The molecule has 1 fully saturated rings. The maximum atomic E-state index is 12.2. The number of carbonyl (C=O) groups is 1. The van der Waals surface area contributed by atoms with Crippen molar-refractivity contribution in [2.75, 3.05) is 6.54 Å². The van der Waals surface area contributed by atoms with Gasteiger partial charge in [0.25, 0.3) is 0 Å². The number of amides is 1. The van der Waals surface area contributed by atoms with Gasteiger partial charge in [0, 0.05) is 12.6 Å². The molecule has 1 aliphatic rings. The van der Waals surface area contributed by atoms with Gasteiger partial charge in [0.15, 0.2) is 0 Å². The van der Waals surface area contributed by atoms with Gasteiger partial charge in [0.2, 0.25) is 5.91 Å². The Hall–Kier alpha value is -1.35. The van der Waals surface area contributed by atoms with Crippen LogP contribution in [0.1, 0.15) is 25.3 Å². The summed E-state index contributed by atoms with van der Waals surface area (Å²) in [6.45, 7) is 2.96. The Morgan fingerprint density at radius 1 is 1.47 bits per heavy atom. The van der Waals surface area contributed by atoms with Gasteiger partial charge in [-0.3, -0.25) is 4.79 Å². The van der Waals surface area contributed by atoms with Crippen molar-refractivity contribution in [2.24, 2.45) is 5.73 Å². The van der Waals surface area contributed by atoms with Crippen molar-refractivity contribution in [2.45, 2.75) is 38.3 Å². The summed E-state index contributed by atoms with van der Waals surface area (Å²) in [6, 6.07) is 9.90. The molecule has 1 saturated heterocycles. The fourth-order valence-corrected chi connectivity index (χ4v) is 2.43. The van der Waals surface area contributed by atoms with Gasteiger partial charge in [-0.25, -0.2) is 0 Å². The molecule has 3 nitrogen and oxygen atoms in total. The van der Waals surface area contributed by atoms with E-state index in [0.29, 0.717) is 12.5 Å². The first-order chi connectivity index (χ1) is 8.18. The fraction of sp³-hybridized carbons (Fsp3) is 0.500. The van der Waals surface area contributed by atoms with E-state index in [1.54, 1.807) is 0 Å². The fourth-order valence-electron chi connectivity index (χ4n) is 2.43. The number of carbonyl (C=O) groups excluding carboxylic acids is 1. The molecule has 0 saturated carbocycles. The monoisotopic (exact) mass is 232 g/mol. The lowest BCUT2D eigenvalue weighted by atomic mass is 10.1. The van der Waals surface area contributed by atoms with Gasteiger partial charge < -0.3 is 10.6 Å². The van der Waals surface area contributed by atoms with E-state index in [0.717, 1.165) is 24.9 Å². The van der Waals surface area contributed by atoms with Crippen LogP contribution in [0.15, 0.2) is 30.3 Å². The SMILES string of the molecule is C[C@@H]1CCCN1C(=O)[C@H](N)Cc1ccccc1. The van der Waals surface area contributed by atoms with E-state index in [1.807, 2.05) is 35.2 Å². The third kappa shape index (κ3) is 2.86. The van der Waals surface area contributed by atoms with Crippen LogP contribution in [0.25, 0.3) is 0 Å². The molecule has 0 unspecified atom stereocenters. The van der Waals surface area contributed by atoms with Crippen LogP contribution in [-0.4, -0.2) is 29.4 Å². The number of likely N-dealkylation sites (tertiary alicyclic amines) is 1. The van der Waals surface area contributed by atoms with E-state index in [1.165, 1.54) is 0 Å². The molecule has 0 spiro atoms. The predicted octanol–water partition coefficient (Wildman–Crippen LogP) is 1.57. The van der Waals surface area contributed by atoms with Crippen molar-refractivity contribution in [3.05, 3.63) is 35.9 Å². The first-order valence-corrected chi connectivity index (χ1v) is 6.28. The topological polar surface area (TPSA) is 46.3 Å². The van der Waals surface area contributed by atoms with Crippen LogP contribution in [0.5, 0.6) is 0 Å². The molecule has 1 aromatic carbocycles. The quantitative estimate of drug-likeness (QED) is 0.859. The van der Waals surface area contributed by atoms with Crippen molar-refractivity contribution in [1.29, 1.82) is 0 Å². The van der Waals surface area contributed by atoms with Crippen molar-refractivity contribution in [3.8, 4) is 0 Å². The summed E-state index contributed by atoms with van der Waals surface area (Å²) in [5.41, 5.74) is 7.13. The van der Waals surface area contributed by atoms with Gasteiger partial charge in [-0.1, -0.05) is 30.3 Å². The molecular weight excluding hydrogens is 212 g/mol. The molecule has 0 aliphatic carbocycles. The highest BCUT2D eigenvalue weighted by Crippen LogP contribution is 2.17. The summed E-state index contributed by atoms with van der Waals surface area (Å²) in [4.78, 5) is 14.1. The second-order valence-electron chi connectivity index (χ2n) is 4.82. The minimum atomic E-state index is -0.405. The van der Waals surface area contributed by atoms with Gasteiger partial charge in [-0.2, -0.15) is 0 Å². The normalized spacial score (nSPS) is 21.5. The van der Waals surface area contributed by atoms with Crippen molar-refractivity contribution in [3.63, 3.8) is 0 Å². The van der Waals surface area contributed by atoms with Crippen molar-refractivity contribution < 1.29 is 4.79 Å². The number of benzene rings is 1. The van der Waals surface area contributed by atoms with E-state index < -0.39 is 6.04 Å². The lowest BCUT2D eigenvalue weighted by Gasteiger charge is -2.24. The maximum absolute atomic E-state index is 12.2. The average Bonchev–Trinajstić information content (AvgIpc) is 2.76. The lowest BCUT2D eigenvalue weighted by molar-refractivity contribution is -0.133. The molecule has 17 heavy (non-hydrogen) atoms. The minimum Gasteiger partial charge on any atom is -0.339 e. The largest absolute Gasteiger partial charge is 0.339 e. The Balaban J connectivity index is 1.96. The van der Waals surface area contributed by atoms with Crippen molar-refractivity contribution >= 4 is 5.91 Å². The molecule has 1 aliphatic heterocycles. The summed E-state index contributed by atoms with van der Waals surface area (Å²) in [7, 11) is 0. The van der Waals surface area contributed by atoms with Gasteiger partial charge in [-0.05, 0) is 31.7 Å². The number of rotatable bonds is 3. The summed E-state index contributed by atoms with van der Waals surface area (Å²) in [5.74, 6) is 0.0962. The van der Waals surface area contributed by atoms with Gasteiger partial charge in [0.05, 0.1) is 6.04 Å². The number of hydrogen-bond acceptors (Lipinski definition) is 2. The Morgan fingerprint density at radius 3 is 2.76 bits per heavy atom. The van der Waals surface area contributed by atoms with Crippen molar-refractivity contribution in [1.82, 2.24) is 4.90 Å². The van der Waals surface area contributed by atoms with E-state index >= 15 is 0 Å². The van der Waals surface area contributed by atoms with E-state index in [9.17, 15) is 4.79 Å². The maximum Gasteiger partial charge on any atom is 0.240 e. The highest BCUT2D eigenvalue weighted by atomic mass is 16.2. The first kappa shape index (κ1) is 12.1. The third-order valence-electron chi connectivity index (χ3n) is 3.45. The molecule has 1 amide bonds. The molecule has 2 atom stereocenters. The molecular formula is C14H20N2O. The molecule has 0 bridgehead atoms. The first-order valence-electron chi connectivity index (χ1n) is 6.28. The Bertz CT molecular complexity index is 377. The molecule has 1 aromatic rings. The van der Waals surface area contributed by atoms with E-state index in [-0.39, 0.29) is 5.91 Å². The zero-order valence-electron chi connectivity index (χ0n) is 10.3. The van der Waals surface area contributed by atoms with Crippen LogP contribution >= 0.6 is 0 Å². The van der Waals surface area contributed by atoms with E-state index in [2.05, 4.69) is 6.92 Å². The zero-order chi connectivity index (χ0) is 12.3. The molecule has 2 N–H and O–H groups in total. The third-order valence-corrected chi connectivity index (χ3v) is 3.45. The second-order valence-corrected chi connectivity index (χ2v) is 4.82. The van der Waals surface area contributed by atoms with Crippen LogP contribution < -0.4 is 5.73 Å². The number of hydrogen-bond donors (Lipinski definition) is 1. The lowest BCUT2D eigenvalue weighted by Crippen LogP contribution is -2.46. The standard InChI is InChI=1S/C14H20N2O/c1-11-6-5-9-16(11)14(17)13(15)10-12-7-3-2-4-8-12/h2-4,7-8,11,13H,5-6,9-10,15H2,1H3/t11-,13-/m1/s1. The number of nitrogens with two attached hydrogens (primary N) is 1. The Kier molecular flexibility index (Phi) is 3.79. The van der Waals surface area contributed by atoms with Gasteiger partial charge >= 0.3 is 0 Å². The van der Waals surface area contributed by atoms with Crippen LogP contribution in [0.2, 0.25) is 0 Å². The molecule has 3 heteroatoms. The predicted molar refractivity (Wildman–Crippen MR) is 68.5 cm³/mol. The van der Waals surface area contributed by atoms with E-state index in [4.69, 9.17) is 5.73 Å². The molecule has 2 rings (SSSR count). The van der Waals surface area contributed by atoms with Crippen LogP contribution in [0.3, 0.4) is 0 Å². The second kappa shape index (κ2) is 5.32. The minimum absolute atomic E-state index is 0.0962. The summed E-state index contributed by atoms with van der Waals surface area (Å²) < 4.78 is 0. The Labute approximate surface area is 103 Å². The molecule has 1 heterocycles. The van der Waals surface area contributed by atoms with Crippen LogP contribution in [0.4, 0.5) is 0 Å². The Morgan fingerprint density at radius 2 is 2.18 bits per heavy atom. The van der Waals surface area contributed by atoms with Gasteiger partial charge in [0.1, 0.15) is 0 Å². The highest BCUT2D eigenvalue weighted by molar-refractivity contribution is 5.82. The molecule has 0 radical (unpaired) electrons. The summed E-state index contributed by atoms with van der Waals surface area (Å²) in [5, 5.41) is 0. The smallest absolute Gasteiger partial charge is 0.240 e. The van der Waals surface area contributed by atoms with Gasteiger partial charge in [-0.15, -0.1) is 0 Å². The van der Waals surface area contributed by atoms with Crippen LogP contribution in [0, 0.1) is 0 Å². The molecule has 0 aromatic heterocycles. The summed E-state index contributed by atoms with van der Waals surface area (Å²) >= 11 is 0. The average molecular weight is 232 g/mol. The highest BCUT2D eigenvalue weighted by Gasteiger charge is 2.28. The zero-order valence-corrected chi connectivity index (χ0v) is 10.3. The summed E-state index contributed by atoms with van der Waals surface area (Å²) in [6.07, 6.45) is 2.83. The van der Waals surface area contributed by atoms with Crippen LogP contribution in [-0.2, 0) is 11.2 Å². The molecule has 92 valence electrons.